The molecule has 1 saturated heterocycles. The fourth-order valence-electron chi connectivity index (χ4n) is 3.57. The van der Waals surface area contributed by atoms with E-state index in [0.717, 1.165) is 32.4 Å². The van der Waals surface area contributed by atoms with Gasteiger partial charge in [0, 0.05) is 5.69 Å². The van der Waals surface area contributed by atoms with E-state index in [-0.39, 0.29) is 11.9 Å². The predicted octanol–water partition coefficient (Wildman–Crippen LogP) is 3.84. The number of nitriles is 1. The second kappa shape index (κ2) is 8.64. The van der Waals surface area contributed by atoms with Crippen LogP contribution in [0.2, 0.25) is 0 Å². The second-order valence-electron chi connectivity index (χ2n) is 7.03. The maximum absolute atomic E-state index is 12.5. The molecule has 0 saturated carbocycles. The maximum Gasteiger partial charge on any atom is 0.241 e. The number of carbonyl (C=O) groups excluding carboxylic acids is 1. The Morgan fingerprint density at radius 2 is 1.92 bits per heavy atom. The molecular weight excluding hydrogens is 322 g/mol. The van der Waals surface area contributed by atoms with Crippen LogP contribution in [0, 0.1) is 17.2 Å². The Labute approximate surface area is 155 Å². The Bertz CT molecular complexity index is 773. The van der Waals surface area contributed by atoms with Crippen molar-refractivity contribution in [2.75, 3.05) is 18.4 Å². The predicted molar refractivity (Wildman–Crippen MR) is 104 cm³/mol. The molecule has 3 rings (SSSR count). The standard InChI is InChI=1S/C22H25N3O/c1-17(22(26)24-21-9-5-8-20(15-21)16-23)25-12-10-19(11-13-25)14-18-6-3-2-4-7-18/h2-9,15,17,19H,10-14H2,1H3,(H,24,26)/t17-/m0/s1. The van der Waals surface area contributed by atoms with E-state index in [1.165, 1.54) is 5.56 Å². The molecular formula is C22H25N3O. The van der Waals surface area contributed by atoms with Gasteiger partial charge >= 0.3 is 0 Å². The van der Waals surface area contributed by atoms with Crippen molar-refractivity contribution in [2.45, 2.75) is 32.2 Å². The summed E-state index contributed by atoms with van der Waals surface area (Å²) < 4.78 is 0. The van der Waals surface area contributed by atoms with Crippen molar-refractivity contribution >= 4 is 11.6 Å². The van der Waals surface area contributed by atoms with Crippen LogP contribution in [0.4, 0.5) is 5.69 Å². The van der Waals surface area contributed by atoms with Crippen LogP contribution < -0.4 is 5.32 Å². The summed E-state index contributed by atoms with van der Waals surface area (Å²) in [7, 11) is 0. The van der Waals surface area contributed by atoms with Crippen molar-refractivity contribution < 1.29 is 4.79 Å². The van der Waals surface area contributed by atoms with E-state index in [9.17, 15) is 4.79 Å². The van der Waals surface area contributed by atoms with E-state index < -0.39 is 0 Å². The number of rotatable bonds is 5. The van der Waals surface area contributed by atoms with Gasteiger partial charge in [0.25, 0.3) is 0 Å². The average Bonchev–Trinajstić information content (AvgIpc) is 2.69. The first-order valence-electron chi connectivity index (χ1n) is 9.24. The summed E-state index contributed by atoms with van der Waals surface area (Å²) in [6.07, 6.45) is 3.36. The monoisotopic (exact) mass is 347 g/mol. The molecule has 1 fully saturated rings. The van der Waals surface area contributed by atoms with Crippen molar-refractivity contribution in [1.82, 2.24) is 4.90 Å². The van der Waals surface area contributed by atoms with Crippen LogP contribution in [0.1, 0.15) is 30.9 Å². The summed E-state index contributed by atoms with van der Waals surface area (Å²) in [5.74, 6) is 0.679. The van der Waals surface area contributed by atoms with Crippen molar-refractivity contribution in [3.05, 3.63) is 65.7 Å². The zero-order chi connectivity index (χ0) is 18.4. The largest absolute Gasteiger partial charge is 0.325 e. The van der Waals surface area contributed by atoms with E-state index in [2.05, 4.69) is 46.6 Å². The van der Waals surface area contributed by atoms with Crippen molar-refractivity contribution in [1.29, 1.82) is 5.26 Å². The molecule has 2 aromatic rings. The summed E-state index contributed by atoms with van der Waals surface area (Å²) in [6, 6.07) is 19.6. The number of anilines is 1. The van der Waals surface area contributed by atoms with Gasteiger partial charge in [-0.15, -0.1) is 0 Å². The first-order valence-corrected chi connectivity index (χ1v) is 9.24. The third-order valence-corrected chi connectivity index (χ3v) is 5.20. The number of nitrogens with zero attached hydrogens (tertiary/aromatic N) is 2. The van der Waals surface area contributed by atoms with Crippen molar-refractivity contribution in [2.24, 2.45) is 5.92 Å². The molecule has 1 aliphatic heterocycles. The first kappa shape index (κ1) is 18.2. The molecule has 4 nitrogen and oxygen atoms in total. The second-order valence-corrected chi connectivity index (χ2v) is 7.03. The number of nitrogens with one attached hydrogen (secondary N) is 1. The minimum absolute atomic E-state index is 0.0124. The number of hydrogen-bond acceptors (Lipinski definition) is 3. The zero-order valence-electron chi connectivity index (χ0n) is 15.2. The van der Waals surface area contributed by atoms with Crippen molar-refractivity contribution in [3.8, 4) is 6.07 Å². The number of hydrogen-bond donors (Lipinski definition) is 1. The maximum atomic E-state index is 12.5. The third-order valence-electron chi connectivity index (χ3n) is 5.20. The van der Waals surface area contributed by atoms with Gasteiger partial charge in [0.1, 0.15) is 0 Å². The molecule has 0 aromatic heterocycles. The van der Waals surface area contributed by atoms with Gasteiger partial charge in [-0.2, -0.15) is 5.26 Å². The van der Waals surface area contributed by atoms with Gasteiger partial charge in [0.2, 0.25) is 5.91 Å². The third kappa shape index (κ3) is 4.71. The van der Waals surface area contributed by atoms with Crippen LogP contribution in [-0.4, -0.2) is 29.9 Å². The summed E-state index contributed by atoms with van der Waals surface area (Å²) in [6.45, 7) is 3.86. The van der Waals surface area contributed by atoms with Crippen LogP contribution in [0.3, 0.4) is 0 Å². The van der Waals surface area contributed by atoms with Crippen molar-refractivity contribution in [3.63, 3.8) is 0 Å². The van der Waals surface area contributed by atoms with E-state index in [1.807, 2.05) is 13.0 Å². The highest BCUT2D eigenvalue weighted by molar-refractivity contribution is 5.94. The fraction of sp³-hybridized carbons (Fsp3) is 0.364. The van der Waals surface area contributed by atoms with Crippen LogP contribution in [0.5, 0.6) is 0 Å². The van der Waals surface area contributed by atoms with E-state index in [1.54, 1.807) is 18.2 Å². The Balaban J connectivity index is 1.50. The minimum atomic E-state index is -0.168. The van der Waals surface area contributed by atoms with Crippen LogP contribution in [0.15, 0.2) is 54.6 Å². The van der Waals surface area contributed by atoms with Gasteiger partial charge in [0.15, 0.2) is 0 Å². The lowest BCUT2D eigenvalue weighted by Crippen LogP contribution is -2.46. The van der Waals surface area contributed by atoms with Gasteiger partial charge in [-0.05, 0) is 69.0 Å². The van der Waals surface area contributed by atoms with E-state index in [4.69, 9.17) is 5.26 Å². The summed E-state index contributed by atoms with van der Waals surface area (Å²) in [4.78, 5) is 14.8. The van der Waals surface area contributed by atoms with Gasteiger partial charge in [0.05, 0.1) is 17.7 Å². The highest BCUT2D eigenvalue weighted by Gasteiger charge is 2.26. The molecule has 0 aliphatic carbocycles. The molecule has 134 valence electrons. The first-order chi connectivity index (χ1) is 12.7. The smallest absolute Gasteiger partial charge is 0.241 e. The average molecular weight is 347 g/mol. The van der Waals surface area contributed by atoms with E-state index >= 15 is 0 Å². The van der Waals surface area contributed by atoms with Crippen LogP contribution in [-0.2, 0) is 11.2 Å². The highest BCUT2D eigenvalue weighted by Crippen LogP contribution is 2.23. The molecule has 1 aliphatic rings. The molecule has 0 bridgehead atoms. The Morgan fingerprint density at radius 1 is 1.19 bits per heavy atom. The number of carbonyl (C=O) groups is 1. The van der Waals surface area contributed by atoms with Crippen LogP contribution >= 0.6 is 0 Å². The Kier molecular flexibility index (Phi) is 6.04. The molecule has 4 heteroatoms. The number of piperidine rings is 1. The molecule has 2 aromatic carbocycles. The molecule has 1 N–H and O–H groups in total. The highest BCUT2D eigenvalue weighted by atomic mass is 16.2. The van der Waals surface area contributed by atoms with E-state index in [0.29, 0.717) is 17.2 Å². The Hall–Kier alpha value is -2.64. The van der Waals surface area contributed by atoms with Gasteiger partial charge in [-0.3, -0.25) is 9.69 Å². The number of benzene rings is 2. The molecule has 0 radical (unpaired) electrons. The number of amides is 1. The Morgan fingerprint density at radius 3 is 2.62 bits per heavy atom. The lowest BCUT2D eigenvalue weighted by molar-refractivity contribution is -0.121. The fourth-order valence-corrected chi connectivity index (χ4v) is 3.57. The number of likely N-dealkylation sites (tertiary alicyclic amines) is 1. The van der Waals surface area contributed by atoms with Gasteiger partial charge in [-0.25, -0.2) is 0 Å². The molecule has 1 atom stereocenters. The normalized spacial score (nSPS) is 16.6. The van der Waals surface area contributed by atoms with Gasteiger partial charge < -0.3 is 5.32 Å². The lowest BCUT2D eigenvalue weighted by atomic mass is 9.89. The molecule has 0 spiro atoms. The summed E-state index contributed by atoms with van der Waals surface area (Å²) in [5.41, 5.74) is 2.63. The van der Waals surface area contributed by atoms with Crippen LogP contribution in [0.25, 0.3) is 0 Å². The van der Waals surface area contributed by atoms with Gasteiger partial charge in [-0.1, -0.05) is 36.4 Å². The SMILES string of the molecule is C[C@@H](C(=O)Nc1cccc(C#N)c1)N1CCC(Cc2ccccc2)CC1. The molecule has 1 heterocycles. The summed E-state index contributed by atoms with van der Waals surface area (Å²) in [5, 5.41) is 11.9. The minimum Gasteiger partial charge on any atom is -0.325 e. The molecule has 26 heavy (non-hydrogen) atoms. The molecule has 0 unspecified atom stereocenters. The lowest BCUT2D eigenvalue weighted by Gasteiger charge is -2.35. The topological polar surface area (TPSA) is 56.1 Å². The molecule has 1 amide bonds. The zero-order valence-corrected chi connectivity index (χ0v) is 15.2. The quantitative estimate of drug-likeness (QED) is 0.894. The summed E-state index contributed by atoms with van der Waals surface area (Å²) >= 11 is 0.